The molecule has 200 valence electrons. The van der Waals surface area contributed by atoms with E-state index < -0.39 is 27.6 Å². The van der Waals surface area contributed by atoms with Gasteiger partial charge in [-0.1, -0.05) is 60.4 Å². The van der Waals surface area contributed by atoms with Crippen LogP contribution in [0.4, 0.5) is 5.69 Å². The van der Waals surface area contributed by atoms with Gasteiger partial charge in [0.2, 0.25) is 5.75 Å². The van der Waals surface area contributed by atoms with Gasteiger partial charge < -0.3 is 9.84 Å². The number of benzene rings is 3. The second kappa shape index (κ2) is 11.0. The second-order valence-electron chi connectivity index (χ2n) is 9.60. The van der Waals surface area contributed by atoms with Crippen molar-refractivity contribution in [2.24, 2.45) is 5.10 Å². The minimum Gasteiger partial charge on any atom is -0.481 e. The molecular formula is C27H22BrClN4O6. The molecule has 0 fully saturated rings. The molecular weight excluding hydrogens is 592 g/mol. The summed E-state index contributed by atoms with van der Waals surface area (Å²) in [6, 6.07) is 13.7. The lowest BCUT2D eigenvalue weighted by Crippen LogP contribution is -2.29. The van der Waals surface area contributed by atoms with Gasteiger partial charge in [-0.05, 0) is 42.0 Å². The van der Waals surface area contributed by atoms with Crippen molar-refractivity contribution in [3.8, 4) is 5.75 Å². The van der Waals surface area contributed by atoms with E-state index in [1.807, 2.05) is 20.8 Å². The zero-order valence-electron chi connectivity index (χ0n) is 21.0. The Balaban J connectivity index is 1.81. The topological polar surface area (TPSA) is 137 Å². The van der Waals surface area contributed by atoms with E-state index in [1.165, 1.54) is 24.4 Å². The van der Waals surface area contributed by atoms with Crippen molar-refractivity contribution in [2.45, 2.75) is 32.8 Å². The number of hydrogen-bond donors (Lipinski definition) is 1. The van der Waals surface area contributed by atoms with E-state index in [9.17, 15) is 19.7 Å². The van der Waals surface area contributed by atoms with Crippen LogP contribution < -0.4 is 10.3 Å². The number of aromatic nitrogens is 2. The molecule has 0 aliphatic heterocycles. The van der Waals surface area contributed by atoms with Gasteiger partial charge in [-0.2, -0.15) is 9.78 Å². The Morgan fingerprint density at radius 1 is 1.21 bits per heavy atom. The van der Waals surface area contributed by atoms with Gasteiger partial charge >= 0.3 is 11.7 Å². The van der Waals surface area contributed by atoms with Gasteiger partial charge in [0.25, 0.3) is 5.56 Å². The van der Waals surface area contributed by atoms with Crippen LogP contribution in [0, 0.1) is 10.1 Å². The molecule has 0 aliphatic carbocycles. The van der Waals surface area contributed by atoms with Gasteiger partial charge in [0.15, 0.2) is 0 Å². The molecule has 1 heterocycles. The number of carboxylic acid groups (broad SMARTS) is 1. The zero-order chi connectivity index (χ0) is 28.5. The quantitative estimate of drug-likeness (QED) is 0.149. The molecule has 0 aliphatic rings. The van der Waals surface area contributed by atoms with Crippen LogP contribution >= 0.6 is 27.5 Å². The maximum Gasteiger partial charge on any atom is 0.335 e. The van der Waals surface area contributed by atoms with Gasteiger partial charge in [-0.15, -0.1) is 0 Å². The van der Waals surface area contributed by atoms with E-state index in [0.29, 0.717) is 26.8 Å². The summed E-state index contributed by atoms with van der Waals surface area (Å²) in [4.78, 5) is 40.4. The van der Waals surface area contributed by atoms with E-state index in [-0.39, 0.29) is 28.5 Å². The Labute approximate surface area is 235 Å². The largest absolute Gasteiger partial charge is 0.481 e. The summed E-state index contributed by atoms with van der Waals surface area (Å²) in [6.07, 6.45) is 1.27. The Morgan fingerprint density at radius 3 is 2.51 bits per heavy atom. The molecule has 0 unspecified atom stereocenters. The minimum absolute atomic E-state index is 0.0743. The Hall–Kier alpha value is -4.09. The van der Waals surface area contributed by atoms with Crippen molar-refractivity contribution in [1.82, 2.24) is 9.66 Å². The minimum atomic E-state index is -1.07. The first kappa shape index (κ1) is 27.9. The number of aromatic carboxylic acids is 1. The summed E-state index contributed by atoms with van der Waals surface area (Å²) in [6.45, 7) is 5.57. The molecule has 0 bridgehead atoms. The van der Waals surface area contributed by atoms with E-state index in [1.54, 1.807) is 30.3 Å². The molecule has 0 saturated heterocycles. The lowest BCUT2D eigenvalue weighted by Gasteiger charge is -2.21. The predicted molar refractivity (Wildman–Crippen MR) is 151 cm³/mol. The lowest BCUT2D eigenvalue weighted by molar-refractivity contribution is -0.385. The highest BCUT2D eigenvalue weighted by atomic mass is 79.9. The van der Waals surface area contributed by atoms with E-state index in [4.69, 9.17) is 21.4 Å². The SMILES string of the molecule is CC(C)(C)c1nc2ccc(Br)cc2c(=O)n1N=Cc1cc(Cl)cc([N+](=O)[O-])c1OCc1ccc(C(=O)O)cc1. The van der Waals surface area contributed by atoms with E-state index >= 15 is 0 Å². The van der Waals surface area contributed by atoms with Gasteiger partial charge in [0.1, 0.15) is 12.4 Å². The third-order valence-electron chi connectivity index (χ3n) is 5.64. The molecule has 0 saturated carbocycles. The number of nitro groups is 1. The fraction of sp³-hybridized carbons (Fsp3) is 0.185. The van der Waals surface area contributed by atoms with Gasteiger partial charge in [0, 0.05) is 26.5 Å². The molecule has 0 amide bonds. The van der Waals surface area contributed by atoms with Gasteiger partial charge in [-0.25, -0.2) is 9.78 Å². The van der Waals surface area contributed by atoms with Gasteiger partial charge in [0.05, 0.1) is 27.6 Å². The highest BCUT2D eigenvalue weighted by Crippen LogP contribution is 2.34. The Bertz CT molecular complexity index is 1690. The summed E-state index contributed by atoms with van der Waals surface area (Å²) < 4.78 is 7.69. The number of fused-ring (bicyclic) bond motifs is 1. The van der Waals surface area contributed by atoms with Crippen LogP contribution in [-0.4, -0.2) is 31.9 Å². The van der Waals surface area contributed by atoms with Crippen molar-refractivity contribution < 1.29 is 19.6 Å². The molecule has 0 atom stereocenters. The molecule has 0 spiro atoms. The molecule has 39 heavy (non-hydrogen) atoms. The average Bonchev–Trinajstić information content (AvgIpc) is 2.87. The van der Waals surface area contributed by atoms with Crippen LogP contribution in [0.5, 0.6) is 5.75 Å². The number of carboxylic acids is 1. The van der Waals surface area contributed by atoms with Gasteiger partial charge in [-0.3, -0.25) is 14.9 Å². The molecule has 1 aromatic heterocycles. The predicted octanol–water partition coefficient (Wildman–Crippen LogP) is 6.18. The lowest BCUT2D eigenvalue weighted by atomic mass is 9.95. The molecule has 10 nitrogen and oxygen atoms in total. The number of carbonyl (C=O) groups is 1. The molecule has 4 rings (SSSR count). The summed E-state index contributed by atoms with van der Waals surface area (Å²) in [7, 11) is 0. The first-order chi connectivity index (χ1) is 18.3. The maximum atomic E-state index is 13.5. The second-order valence-corrected chi connectivity index (χ2v) is 11.0. The highest BCUT2D eigenvalue weighted by Gasteiger charge is 2.24. The smallest absolute Gasteiger partial charge is 0.335 e. The number of nitrogens with zero attached hydrogens (tertiary/aromatic N) is 4. The van der Waals surface area contributed by atoms with Crippen LogP contribution in [-0.2, 0) is 12.0 Å². The van der Waals surface area contributed by atoms with Crippen molar-refractivity contribution >= 4 is 56.3 Å². The number of rotatable bonds is 7. The summed E-state index contributed by atoms with van der Waals surface area (Å²) >= 11 is 9.55. The van der Waals surface area contributed by atoms with Crippen molar-refractivity contribution in [1.29, 1.82) is 0 Å². The van der Waals surface area contributed by atoms with Crippen LogP contribution in [0.1, 0.15) is 48.1 Å². The van der Waals surface area contributed by atoms with Crippen molar-refractivity contribution in [3.63, 3.8) is 0 Å². The standard InChI is InChI=1S/C27H22BrClN4O6/c1-27(2,3)26-31-21-9-8-18(28)11-20(21)24(34)32(26)30-13-17-10-19(29)12-22(33(37)38)23(17)39-14-15-4-6-16(7-5-15)25(35)36/h4-13H,14H2,1-3H3,(H,35,36). The molecule has 4 aromatic rings. The third kappa shape index (κ3) is 6.15. The summed E-state index contributed by atoms with van der Waals surface area (Å²) in [5, 5.41) is 25.7. The summed E-state index contributed by atoms with van der Waals surface area (Å²) in [5.41, 5.74) is -0.0224. The first-order valence-electron chi connectivity index (χ1n) is 11.6. The maximum absolute atomic E-state index is 13.5. The molecule has 12 heteroatoms. The Kier molecular flexibility index (Phi) is 7.84. The number of hydrogen-bond acceptors (Lipinski definition) is 7. The number of ether oxygens (including phenoxy) is 1. The fourth-order valence-electron chi connectivity index (χ4n) is 3.75. The zero-order valence-corrected chi connectivity index (χ0v) is 23.4. The normalized spacial score (nSPS) is 11.7. The van der Waals surface area contributed by atoms with Crippen molar-refractivity contribution in [3.05, 3.63) is 107 Å². The molecule has 0 radical (unpaired) electrons. The monoisotopic (exact) mass is 612 g/mol. The first-order valence-corrected chi connectivity index (χ1v) is 12.7. The van der Waals surface area contributed by atoms with Crippen LogP contribution in [0.2, 0.25) is 5.02 Å². The van der Waals surface area contributed by atoms with Crippen molar-refractivity contribution in [2.75, 3.05) is 0 Å². The van der Waals surface area contributed by atoms with Crippen LogP contribution in [0.25, 0.3) is 10.9 Å². The van der Waals surface area contributed by atoms with Crippen LogP contribution in [0.3, 0.4) is 0 Å². The Morgan fingerprint density at radius 2 is 1.90 bits per heavy atom. The van der Waals surface area contributed by atoms with Crippen LogP contribution in [0.15, 0.2) is 69.0 Å². The number of nitro benzene ring substituents is 1. The average molecular weight is 614 g/mol. The third-order valence-corrected chi connectivity index (χ3v) is 6.35. The highest BCUT2D eigenvalue weighted by molar-refractivity contribution is 9.10. The van der Waals surface area contributed by atoms with E-state index in [0.717, 1.165) is 10.7 Å². The van der Waals surface area contributed by atoms with E-state index in [2.05, 4.69) is 26.0 Å². The number of halogens is 2. The molecule has 1 N–H and O–H groups in total. The fourth-order valence-corrected chi connectivity index (χ4v) is 4.33. The molecule has 3 aromatic carbocycles. The summed E-state index contributed by atoms with van der Waals surface area (Å²) in [5.74, 6) is -0.803.